The van der Waals surface area contributed by atoms with E-state index in [1.54, 1.807) is 19.1 Å². The number of aliphatic hydroxyl groups is 1. The van der Waals surface area contributed by atoms with Crippen LogP contribution in [-0.2, 0) is 25.8 Å². The second kappa shape index (κ2) is 10.1. The molecule has 1 atom stereocenters. The van der Waals surface area contributed by atoms with Crippen molar-refractivity contribution >= 4 is 27.4 Å². The second-order valence-corrected chi connectivity index (χ2v) is 7.78. The molecule has 0 spiro atoms. The average molecular weight is 387 g/mol. The van der Waals surface area contributed by atoms with Gasteiger partial charge in [-0.3, -0.25) is 15.4 Å². The van der Waals surface area contributed by atoms with Crippen molar-refractivity contribution < 1.29 is 28.2 Å². The normalized spacial score (nSPS) is 12.4. The number of hydrogen-bond acceptors (Lipinski definition) is 7. The number of benzene rings is 1. The Bertz CT molecular complexity index is 736. The molecule has 0 saturated heterocycles. The maximum atomic E-state index is 12.3. The molecule has 0 heterocycles. The van der Waals surface area contributed by atoms with Crippen molar-refractivity contribution in [3.8, 4) is 0 Å². The molecule has 146 valence electrons. The first-order chi connectivity index (χ1) is 12.3. The van der Waals surface area contributed by atoms with E-state index in [-0.39, 0.29) is 17.9 Å². The van der Waals surface area contributed by atoms with Gasteiger partial charge in [-0.1, -0.05) is 13.0 Å². The van der Waals surface area contributed by atoms with Crippen molar-refractivity contribution in [2.75, 3.05) is 24.3 Å². The Morgan fingerprint density at radius 1 is 1.31 bits per heavy atom. The zero-order valence-corrected chi connectivity index (χ0v) is 15.4. The molecule has 0 radical (unpaired) electrons. The van der Waals surface area contributed by atoms with Gasteiger partial charge in [-0.25, -0.2) is 8.42 Å². The van der Waals surface area contributed by atoms with E-state index in [0.717, 1.165) is 0 Å². The van der Waals surface area contributed by atoms with Gasteiger partial charge in [-0.15, -0.1) is 0 Å². The highest BCUT2D eigenvalue weighted by atomic mass is 32.2. The predicted octanol–water partition coefficient (Wildman–Crippen LogP) is -0.102. The van der Waals surface area contributed by atoms with E-state index in [2.05, 4.69) is 10.7 Å². The number of nitrogen functional groups attached to an aromatic ring is 1. The molecule has 26 heavy (non-hydrogen) atoms. The molecular formula is C16H25N3O6S. The van der Waals surface area contributed by atoms with Crippen LogP contribution in [0, 0.1) is 5.92 Å². The number of nitrogens with two attached hydrogens (primary N) is 1. The number of carbonyl (C=O) groups excluding carboxylic acids is 1. The predicted molar refractivity (Wildman–Crippen MR) is 96.1 cm³/mol. The largest absolute Gasteiger partial charge is 0.481 e. The number of carbonyl (C=O) groups is 2. The first kappa shape index (κ1) is 21.9. The van der Waals surface area contributed by atoms with Crippen LogP contribution in [0.4, 0.5) is 5.69 Å². The summed E-state index contributed by atoms with van der Waals surface area (Å²) in [6.07, 6.45) is 0.978. The summed E-state index contributed by atoms with van der Waals surface area (Å²) in [6, 6.07) is 4.65. The molecule has 6 N–H and O–H groups in total. The minimum Gasteiger partial charge on any atom is -0.481 e. The molecule has 0 fully saturated rings. The number of rotatable bonds is 11. The van der Waals surface area contributed by atoms with Crippen molar-refractivity contribution in [2.45, 2.75) is 31.1 Å². The molecule has 0 aliphatic carbocycles. The minimum absolute atomic E-state index is 0.0743. The van der Waals surface area contributed by atoms with Gasteiger partial charge in [-0.05, 0) is 37.0 Å². The van der Waals surface area contributed by atoms with Gasteiger partial charge in [0.15, 0.2) is 9.84 Å². The lowest BCUT2D eigenvalue weighted by molar-refractivity contribution is -0.147. The summed E-state index contributed by atoms with van der Waals surface area (Å²) in [5.74, 6) is 2.09. The van der Waals surface area contributed by atoms with Crippen LogP contribution in [0.2, 0.25) is 0 Å². The lowest BCUT2D eigenvalue weighted by Crippen LogP contribution is -2.35. The quantitative estimate of drug-likeness (QED) is 0.152. The summed E-state index contributed by atoms with van der Waals surface area (Å²) >= 11 is 0. The monoisotopic (exact) mass is 387 g/mol. The van der Waals surface area contributed by atoms with Crippen molar-refractivity contribution in [1.29, 1.82) is 0 Å². The van der Waals surface area contributed by atoms with Gasteiger partial charge in [0.1, 0.15) is 5.92 Å². The smallest absolute Gasteiger partial charge is 0.316 e. The van der Waals surface area contributed by atoms with Gasteiger partial charge in [0.25, 0.3) is 0 Å². The van der Waals surface area contributed by atoms with Crippen LogP contribution < -0.4 is 16.6 Å². The van der Waals surface area contributed by atoms with E-state index < -0.39 is 40.0 Å². The van der Waals surface area contributed by atoms with Gasteiger partial charge in [0.2, 0.25) is 5.91 Å². The highest BCUT2D eigenvalue weighted by molar-refractivity contribution is 7.91. The Hall–Kier alpha value is -2.17. The third-order valence-corrected chi connectivity index (χ3v) is 5.64. The van der Waals surface area contributed by atoms with E-state index in [4.69, 9.17) is 16.1 Å². The number of aliphatic carboxylic acids is 1. The van der Waals surface area contributed by atoms with Gasteiger partial charge in [0.05, 0.1) is 17.3 Å². The molecule has 9 nitrogen and oxygen atoms in total. The molecule has 0 aliphatic rings. The first-order valence-corrected chi connectivity index (χ1v) is 9.85. The van der Waals surface area contributed by atoms with Crippen LogP contribution in [-0.4, -0.2) is 49.4 Å². The zero-order chi connectivity index (χ0) is 19.7. The van der Waals surface area contributed by atoms with Crippen LogP contribution in [0.5, 0.6) is 0 Å². The Kier molecular flexibility index (Phi) is 8.49. The number of carboxylic acids is 1. The van der Waals surface area contributed by atoms with Crippen LogP contribution in [0.15, 0.2) is 23.1 Å². The number of anilines is 1. The molecule has 1 unspecified atom stereocenters. The lowest BCUT2D eigenvalue weighted by atomic mass is 10.1. The van der Waals surface area contributed by atoms with E-state index in [1.165, 1.54) is 6.07 Å². The first-order valence-electron chi connectivity index (χ1n) is 8.20. The molecule has 0 saturated carbocycles. The van der Waals surface area contributed by atoms with Crippen LogP contribution >= 0.6 is 0 Å². The molecule has 0 aromatic heterocycles. The molecule has 1 aromatic carbocycles. The minimum atomic E-state index is -3.67. The number of nitrogens with one attached hydrogen (secondary N) is 2. The van der Waals surface area contributed by atoms with Gasteiger partial charge >= 0.3 is 5.97 Å². The Morgan fingerprint density at radius 3 is 2.54 bits per heavy atom. The van der Waals surface area contributed by atoms with Crippen molar-refractivity contribution in [3.63, 3.8) is 0 Å². The van der Waals surface area contributed by atoms with E-state index in [9.17, 15) is 18.0 Å². The number of aliphatic hydroxyl groups excluding tert-OH is 1. The Labute approximate surface area is 152 Å². The van der Waals surface area contributed by atoms with Gasteiger partial charge in [-0.2, -0.15) is 0 Å². The summed E-state index contributed by atoms with van der Waals surface area (Å²) in [5.41, 5.74) is 3.34. The number of sulfone groups is 1. The molecule has 1 rings (SSSR count). The number of aryl methyl sites for hydroxylation is 1. The standard InChI is InChI=1S/C16H25N3O6S/c1-2-13(16(22)23)15(21)18-7-3-4-11-5-6-12(19-17)10-14(11)26(24,25)9-8-20/h5-6,10,13,19-20H,2-4,7-9,17H2,1H3,(H,18,21)(H,22,23). The maximum absolute atomic E-state index is 12.3. The third kappa shape index (κ3) is 5.97. The van der Waals surface area contributed by atoms with Crippen LogP contribution in [0.25, 0.3) is 0 Å². The lowest BCUT2D eigenvalue weighted by Gasteiger charge is -2.13. The van der Waals surface area contributed by atoms with Crippen molar-refractivity contribution in [1.82, 2.24) is 5.32 Å². The number of hydrogen-bond donors (Lipinski definition) is 5. The fraction of sp³-hybridized carbons (Fsp3) is 0.500. The summed E-state index contributed by atoms with van der Waals surface area (Å²) < 4.78 is 24.6. The Morgan fingerprint density at radius 2 is 2.00 bits per heavy atom. The average Bonchev–Trinajstić information content (AvgIpc) is 2.59. The van der Waals surface area contributed by atoms with E-state index in [0.29, 0.717) is 24.1 Å². The van der Waals surface area contributed by atoms with Gasteiger partial charge in [0, 0.05) is 12.2 Å². The van der Waals surface area contributed by atoms with Gasteiger partial charge < -0.3 is 21.0 Å². The summed E-state index contributed by atoms with van der Waals surface area (Å²) in [5, 5.41) is 20.5. The summed E-state index contributed by atoms with van der Waals surface area (Å²) in [7, 11) is -3.67. The number of carboxylic acid groups (broad SMARTS) is 1. The van der Waals surface area contributed by atoms with Crippen LogP contribution in [0.1, 0.15) is 25.3 Å². The molecule has 0 bridgehead atoms. The van der Waals surface area contributed by atoms with Crippen molar-refractivity contribution in [3.05, 3.63) is 23.8 Å². The summed E-state index contributed by atoms with van der Waals surface area (Å²) in [6.45, 7) is 1.34. The molecule has 10 heteroatoms. The fourth-order valence-corrected chi connectivity index (χ4v) is 3.79. The van der Waals surface area contributed by atoms with Crippen molar-refractivity contribution in [2.24, 2.45) is 11.8 Å². The fourth-order valence-electron chi connectivity index (χ4n) is 2.46. The maximum Gasteiger partial charge on any atom is 0.316 e. The van der Waals surface area contributed by atoms with E-state index >= 15 is 0 Å². The summed E-state index contributed by atoms with van der Waals surface area (Å²) in [4.78, 5) is 22.8. The SMILES string of the molecule is CCC(C(=O)O)C(=O)NCCCc1ccc(NN)cc1S(=O)(=O)CCO. The second-order valence-electron chi connectivity index (χ2n) is 5.70. The molecule has 0 aliphatic heterocycles. The number of amides is 1. The third-order valence-electron chi connectivity index (χ3n) is 3.87. The molecule has 1 aromatic rings. The molecule has 1 amide bonds. The highest BCUT2D eigenvalue weighted by Crippen LogP contribution is 2.23. The topological polar surface area (TPSA) is 159 Å². The highest BCUT2D eigenvalue weighted by Gasteiger charge is 2.23. The number of hydrazine groups is 1. The molecular weight excluding hydrogens is 362 g/mol. The van der Waals surface area contributed by atoms with Crippen LogP contribution in [0.3, 0.4) is 0 Å². The zero-order valence-electron chi connectivity index (χ0n) is 14.6. The van der Waals surface area contributed by atoms with E-state index in [1.807, 2.05) is 0 Å². The Balaban J connectivity index is 2.79.